The van der Waals surface area contributed by atoms with Crippen LogP contribution in [0.1, 0.15) is 13.8 Å². The van der Waals surface area contributed by atoms with Gasteiger partial charge in [-0.3, -0.25) is 0 Å². The molecule has 0 N–H and O–H groups in total. The van der Waals surface area contributed by atoms with Gasteiger partial charge in [-0.05, 0) is 52.8 Å². The van der Waals surface area contributed by atoms with Gasteiger partial charge in [0.25, 0.3) is 0 Å². The molecular weight excluding hydrogens is 250 g/mol. The van der Waals surface area contributed by atoms with Gasteiger partial charge >= 0.3 is 0 Å². The van der Waals surface area contributed by atoms with E-state index in [9.17, 15) is 0 Å². The van der Waals surface area contributed by atoms with E-state index in [1.165, 1.54) is 12.3 Å². The Morgan fingerprint density at radius 2 is 1.12 bits per heavy atom. The molecule has 0 aromatic heterocycles. The van der Waals surface area contributed by atoms with Crippen LogP contribution < -0.4 is 0 Å². The van der Waals surface area contributed by atoms with Crippen LogP contribution >= 0.6 is 15.8 Å². The summed E-state index contributed by atoms with van der Waals surface area (Å²) in [5.74, 6) is 0. The molecule has 0 unspecified atom stereocenters. The normalized spacial score (nSPS) is 12.7. The Hall–Kier alpha value is 0.780. The minimum Gasteiger partial charge on any atom is -0.381 e. The van der Waals surface area contributed by atoms with Crippen LogP contribution in [0.25, 0.3) is 0 Å². The van der Waals surface area contributed by atoms with Gasteiger partial charge < -0.3 is 9.47 Å². The summed E-state index contributed by atoms with van der Waals surface area (Å²) in [5.41, 5.74) is 0.260. The molecule has 0 spiro atoms. The van der Waals surface area contributed by atoms with E-state index in [1.807, 2.05) is 0 Å². The second-order valence-corrected chi connectivity index (χ2v) is 10.2. The largest absolute Gasteiger partial charge is 0.381 e. The van der Waals surface area contributed by atoms with Crippen LogP contribution in [0.2, 0.25) is 0 Å². The van der Waals surface area contributed by atoms with Gasteiger partial charge in [0.05, 0.1) is 13.2 Å². The molecule has 0 aromatic rings. The Kier molecular flexibility index (Phi) is 10.1. The first-order valence-electron chi connectivity index (χ1n) is 6.40. The molecule has 0 heterocycles. The van der Waals surface area contributed by atoms with Crippen molar-refractivity contribution in [3.63, 3.8) is 0 Å². The molecule has 0 aliphatic carbocycles. The molecule has 0 radical (unpaired) electrons. The summed E-state index contributed by atoms with van der Waals surface area (Å²) in [4.78, 5) is 0. The van der Waals surface area contributed by atoms with Crippen LogP contribution in [-0.2, 0) is 9.47 Å². The molecule has 0 saturated heterocycles. The van der Waals surface area contributed by atoms with Crippen LogP contribution in [0.4, 0.5) is 0 Å². The summed E-state index contributed by atoms with van der Waals surface area (Å²) in [6.07, 6.45) is 2.53. The maximum Gasteiger partial charge on any atom is 0.0551 e. The lowest BCUT2D eigenvalue weighted by Crippen LogP contribution is -2.38. The van der Waals surface area contributed by atoms with Crippen LogP contribution in [0.5, 0.6) is 0 Å². The quantitative estimate of drug-likeness (QED) is 0.570. The third kappa shape index (κ3) is 8.49. The minimum atomic E-state index is 0.0983. The van der Waals surface area contributed by atoms with Crippen molar-refractivity contribution in [3.05, 3.63) is 0 Å². The topological polar surface area (TPSA) is 18.5 Å². The fourth-order valence-corrected chi connectivity index (χ4v) is 5.70. The van der Waals surface area contributed by atoms with Crippen molar-refractivity contribution < 1.29 is 9.47 Å². The first-order valence-corrected chi connectivity index (χ1v) is 11.2. The maximum atomic E-state index is 5.74. The van der Waals surface area contributed by atoms with E-state index < -0.39 is 0 Å². The number of ether oxygens (including phenoxy) is 2. The van der Waals surface area contributed by atoms with E-state index >= 15 is 0 Å². The van der Waals surface area contributed by atoms with E-state index in [0.29, 0.717) is 0 Å². The molecule has 4 heteroatoms. The molecule has 0 fully saturated rings. The minimum absolute atomic E-state index is 0.0983. The summed E-state index contributed by atoms with van der Waals surface area (Å²) in [6.45, 7) is 16.9. The molecule has 17 heavy (non-hydrogen) atoms. The fraction of sp³-hybridized carbons (Fsp3) is 1.00. The Balaban J connectivity index is 4.63. The summed E-state index contributed by atoms with van der Waals surface area (Å²) in [6, 6.07) is 0. The predicted octanol–water partition coefficient (Wildman–Crippen LogP) is 3.53. The Bertz CT molecular complexity index is 164. The van der Waals surface area contributed by atoms with Gasteiger partial charge in [0.1, 0.15) is 0 Å². The Morgan fingerprint density at radius 3 is 1.35 bits per heavy atom. The zero-order valence-electron chi connectivity index (χ0n) is 12.5. The van der Waals surface area contributed by atoms with Crippen LogP contribution in [-0.4, -0.2) is 65.4 Å². The van der Waals surface area contributed by atoms with Crippen molar-refractivity contribution in [2.45, 2.75) is 13.8 Å². The van der Waals surface area contributed by atoms with E-state index in [1.54, 1.807) is 0 Å². The summed E-state index contributed by atoms with van der Waals surface area (Å²) >= 11 is 0. The fourth-order valence-electron chi connectivity index (χ4n) is 2.25. The van der Waals surface area contributed by atoms with Gasteiger partial charge in [-0.25, -0.2) is 0 Å². The summed E-state index contributed by atoms with van der Waals surface area (Å²) in [7, 11) is 0.197. The molecular formula is C13H30O2P2. The summed E-state index contributed by atoms with van der Waals surface area (Å²) in [5, 5.41) is 0. The van der Waals surface area contributed by atoms with Gasteiger partial charge in [0, 0.05) is 18.6 Å². The maximum absolute atomic E-state index is 5.74. The molecule has 0 aromatic carbocycles. The molecule has 0 aliphatic rings. The van der Waals surface area contributed by atoms with Crippen molar-refractivity contribution in [1.82, 2.24) is 0 Å². The number of rotatable bonds is 10. The first kappa shape index (κ1) is 17.8. The Labute approximate surface area is 110 Å². The van der Waals surface area contributed by atoms with Gasteiger partial charge in [0.2, 0.25) is 0 Å². The van der Waals surface area contributed by atoms with Crippen molar-refractivity contribution in [2.75, 3.05) is 65.4 Å². The lowest BCUT2D eigenvalue weighted by atomic mass is 9.95. The van der Waals surface area contributed by atoms with Gasteiger partial charge in [0.15, 0.2) is 0 Å². The monoisotopic (exact) mass is 280 g/mol. The Morgan fingerprint density at radius 1 is 0.765 bits per heavy atom. The van der Waals surface area contributed by atoms with Crippen molar-refractivity contribution in [1.29, 1.82) is 0 Å². The summed E-state index contributed by atoms with van der Waals surface area (Å²) < 4.78 is 11.5. The van der Waals surface area contributed by atoms with E-state index in [0.717, 1.165) is 26.4 Å². The van der Waals surface area contributed by atoms with Crippen LogP contribution in [0.15, 0.2) is 0 Å². The zero-order chi connectivity index (χ0) is 13.3. The molecule has 0 aliphatic heterocycles. The average molecular weight is 280 g/mol. The van der Waals surface area contributed by atoms with Crippen molar-refractivity contribution in [2.24, 2.45) is 5.41 Å². The second kappa shape index (κ2) is 9.68. The molecule has 0 atom stereocenters. The van der Waals surface area contributed by atoms with Crippen LogP contribution in [0.3, 0.4) is 0 Å². The lowest BCUT2D eigenvalue weighted by Gasteiger charge is -2.36. The third-order valence-electron chi connectivity index (χ3n) is 2.53. The SMILES string of the molecule is CCOCC(COCC)(CP(C)C)CP(C)C. The predicted molar refractivity (Wildman–Crippen MR) is 82.7 cm³/mol. The van der Waals surface area contributed by atoms with Crippen molar-refractivity contribution >= 4 is 15.8 Å². The van der Waals surface area contributed by atoms with E-state index in [2.05, 4.69) is 40.5 Å². The molecule has 104 valence electrons. The molecule has 0 rings (SSSR count). The zero-order valence-corrected chi connectivity index (χ0v) is 14.2. The highest BCUT2D eigenvalue weighted by Gasteiger charge is 2.32. The third-order valence-corrected chi connectivity index (χ3v) is 5.13. The van der Waals surface area contributed by atoms with Gasteiger partial charge in [-0.2, -0.15) is 0 Å². The molecule has 0 amide bonds. The van der Waals surface area contributed by atoms with Crippen LogP contribution in [0, 0.1) is 5.41 Å². The van der Waals surface area contributed by atoms with Crippen molar-refractivity contribution in [3.8, 4) is 0 Å². The second-order valence-electron chi connectivity index (χ2n) is 5.25. The number of hydrogen-bond donors (Lipinski definition) is 0. The average Bonchev–Trinajstić information content (AvgIpc) is 2.22. The standard InChI is InChI=1S/C13H30O2P2/c1-7-14-9-13(10-15-8-2,11-16(3)4)12-17(5)6/h7-12H2,1-6H3. The van der Waals surface area contributed by atoms with E-state index in [4.69, 9.17) is 9.47 Å². The highest BCUT2D eigenvalue weighted by Crippen LogP contribution is 2.42. The lowest BCUT2D eigenvalue weighted by molar-refractivity contribution is 0.00808. The number of hydrogen-bond acceptors (Lipinski definition) is 2. The first-order chi connectivity index (χ1) is 7.95. The molecule has 0 bridgehead atoms. The smallest absolute Gasteiger partial charge is 0.0551 e. The van der Waals surface area contributed by atoms with E-state index in [-0.39, 0.29) is 21.3 Å². The molecule has 0 saturated carbocycles. The highest BCUT2D eigenvalue weighted by molar-refractivity contribution is 7.57. The molecule has 2 nitrogen and oxygen atoms in total. The van der Waals surface area contributed by atoms with Gasteiger partial charge in [-0.1, -0.05) is 0 Å². The highest BCUT2D eigenvalue weighted by atomic mass is 31.1. The van der Waals surface area contributed by atoms with Gasteiger partial charge in [-0.15, -0.1) is 15.8 Å².